The zero-order valence-corrected chi connectivity index (χ0v) is 10.8. The molecule has 0 radical (unpaired) electrons. The standard InChI is InChI=1S/C13H13Cl2NO/c14-11-5-4-9(7-12(11)15)13(17)6-2-1-3-10(13)8-16/h4-5,7,10,17H,1-3,6H2/t10-,13+/m0/s1. The zero-order chi connectivity index (χ0) is 12.5. The minimum absolute atomic E-state index is 0.367. The van der Waals surface area contributed by atoms with E-state index in [0.29, 0.717) is 22.0 Å². The molecule has 4 heteroatoms. The van der Waals surface area contributed by atoms with E-state index in [4.69, 9.17) is 28.5 Å². The van der Waals surface area contributed by atoms with Gasteiger partial charge in [0.2, 0.25) is 0 Å². The van der Waals surface area contributed by atoms with Crippen LogP contribution in [-0.2, 0) is 5.60 Å². The van der Waals surface area contributed by atoms with E-state index >= 15 is 0 Å². The highest BCUT2D eigenvalue weighted by atomic mass is 35.5. The fourth-order valence-corrected chi connectivity index (χ4v) is 2.74. The largest absolute Gasteiger partial charge is 0.384 e. The number of nitriles is 1. The second kappa shape index (κ2) is 4.86. The fraction of sp³-hybridized carbons (Fsp3) is 0.462. The molecule has 0 bridgehead atoms. The molecule has 0 aliphatic heterocycles. The molecular formula is C13H13Cl2NO. The monoisotopic (exact) mass is 269 g/mol. The van der Waals surface area contributed by atoms with E-state index in [1.54, 1.807) is 18.2 Å². The van der Waals surface area contributed by atoms with Gasteiger partial charge >= 0.3 is 0 Å². The van der Waals surface area contributed by atoms with Gasteiger partial charge in [0.05, 0.1) is 22.0 Å². The van der Waals surface area contributed by atoms with Crippen LogP contribution >= 0.6 is 23.2 Å². The highest BCUT2D eigenvalue weighted by Gasteiger charge is 2.40. The average molecular weight is 270 g/mol. The van der Waals surface area contributed by atoms with Gasteiger partial charge in [0.15, 0.2) is 0 Å². The maximum Gasteiger partial charge on any atom is 0.105 e. The maximum absolute atomic E-state index is 10.7. The Morgan fingerprint density at radius 2 is 2.06 bits per heavy atom. The number of rotatable bonds is 1. The van der Waals surface area contributed by atoms with E-state index in [-0.39, 0.29) is 5.92 Å². The van der Waals surface area contributed by atoms with E-state index in [0.717, 1.165) is 19.3 Å². The first-order valence-electron chi connectivity index (χ1n) is 5.65. The van der Waals surface area contributed by atoms with Crippen molar-refractivity contribution in [3.63, 3.8) is 0 Å². The molecule has 0 aromatic heterocycles. The summed E-state index contributed by atoms with van der Waals surface area (Å²) in [6.45, 7) is 0. The van der Waals surface area contributed by atoms with Crippen LogP contribution in [0.3, 0.4) is 0 Å². The van der Waals surface area contributed by atoms with Crippen LogP contribution in [-0.4, -0.2) is 5.11 Å². The molecule has 1 N–H and O–H groups in total. The van der Waals surface area contributed by atoms with Crippen molar-refractivity contribution in [3.05, 3.63) is 33.8 Å². The van der Waals surface area contributed by atoms with Gasteiger partial charge in [0.1, 0.15) is 5.60 Å². The highest BCUT2D eigenvalue weighted by Crippen LogP contribution is 2.42. The predicted octanol–water partition coefficient (Wildman–Crippen LogP) is 3.89. The molecule has 2 rings (SSSR count). The molecule has 1 aromatic carbocycles. The summed E-state index contributed by atoms with van der Waals surface area (Å²) in [5.41, 5.74) is -0.389. The van der Waals surface area contributed by atoms with Gasteiger partial charge in [-0.25, -0.2) is 0 Å². The Kier molecular flexibility index (Phi) is 3.63. The van der Waals surface area contributed by atoms with Crippen molar-refractivity contribution in [2.45, 2.75) is 31.3 Å². The minimum atomic E-state index is -1.08. The lowest BCUT2D eigenvalue weighted by molar-refractivity contribution is -0.0324. The molecule has 1 fully saturated rings. The fourth-order valence-electron chi connectivity index (χ4n) is 2.44. The van der Waals surface area contributed by atoms with Crippen LogP contribution in [0.25, 0.3) is 0 Å². The Bertz CT molecular complexity index is 469. The highest BCUT2D eigenvalue weighted by molar-refractivity contribution is 6.42. The second-order valence-electron chi connectivity index (χ2n) is 4.48. The van der Waals surface area contributed by atoms with Gasteiger partial charge in [-0.2, -0.15) is 5.26 Å². The third kappa shape index (κ3) is 2.28. The van der Waals surface area contributed by atoms with E-state index in [1.807, 2.05) is 0 Å². The molecule has 90 valence electrons. The summed E-state index contributed by atoms with van der Waals surface area (Å²) >= 11 is 11.8. The Balaban J connectivity index is 2.42. The molecule has 0 saturated heterocycles. The summed E-state index contributed by atoms with van der Waals surface area (Å²) in [5.74, 6) is -0.367. The Hall–Kier alpha value is -0.750. The molecular weight excluding hydrogens is 257 g/mol. The molecule has 1 aliphatic rings. The molecule has 2 nitrogen and oxygen atoms in total. The topological polar surface area (TPSA) is 44.0 Å². The van der Waals surface area contributed by atoms with Gasteiger partial charge in [0.25, 0.3) is 0 Å². The predicted molar refractivity (Wildman–Crippen MR) is 67.9 cm³/mol. The van der Waals surface area contributed by atoms with Crippen molar-refractivity contribution in [1.82, 2.24) is 0 Å². The van der Waals surface area contributed by atoms with Crippen LogP contribution in [0.5, 0.6) is 0 Å². The van der Waals surface area contributed by atoms with Crippen molar-refractivity contribution in [2.75, 3.05) is 0 Å². The normalized spacial score (nSPS) is 28.7. The molecule has 0 heterocycles. The lowest BCUT2D eigenvalue weighted by Crippen LogP contribution is -2.37. The Morgan fingerprint density at radius 1 is 1.29 bits per heavy atom. The van der Waals surface area contributed by atoms with Gasteiger partial charge in [-0.1, -0.05) is 42.1 Å². The second-order valence-corrected chi connectivity index (χ2v) is 5.30. The number of halogens is 2. The van der Waals surface area contributed by atoms with Gasteiger partial charge in [-0.3, -0.25) is 0 Å². The first kappa shape index (κ1) is 12.7. The summed E-state index contributed by atoms with van der Waals surface area (Å²) in [6.07, 6.45) is 3.24. The van der Waals surface area contributed by atoms with E-state index in [1.165, 1.54) is 0 Å². The van der Waals surface area contributed by atoms with E-state index < -0.39 is 5.60 Å². The van der Waals surface area contributed by atoms with Crippen LogP contribution in [0.15, 0.2) is 18.2 Å². The molecule has 0 spiro atoms. The third-order valence-electron chi connectivity index (χ3n) is 3.45. The lowest BCUT2D eigenvalue weighted by atomic mass is 9.72. The summed E-state index contributed by atoms with van der Waals surface area (Å²) in [5, 5.41) is 20.7. The Morgan fingerprint density at radius 3 is 2.71 bits per heavy atom. The van der Waals surface area contributed by atoms with E-state index in [2.05, 4.69) is 6.07 Å². The van der Waals surface area contributed by atoms with Crippen LogP contribution in [0.2, 0.25) is 10.0 Å². The molecule has 17 heavy (non-hydrogen) atoms. The summed E-state index contributed by atoms with van der Waals surface area (Å²) in [6, 6.07) is 7.29. The van der Waals surface area contributed by atoms with Crippen LogP contribution in [0.4, 0.5) is 0 Å². The first-order chi connectivity index (χ1) is 8.08. The first-order valence-corrected chi connectivity index (χ1v) is 6.41. The zero-order valence-electron chi connectivity index (χ0n) is 9.29. The van der Waals surface area contributed by atoms with Crippen molar-refractivity contribution >= 4 is 23.2 Å². The molecule has 1 aromatic rings. The number of hydrogen-bond donors (Lipinski definition) is 1. The van der Waals surface area contributed by atoms with Gasteiger partial charge in [-0.15, -0.1) is 0 Å². The number of hydrogen-bond acceptors (Lipinski definition) is 2. The van der Waals surface area contributed by atoms with Crippen molar-refractivity contribution in [2.24, 2.45) is 5.92 Å². The summed E-state index contributed by atoms with van der Waals surface area (Å²) in [7, 11) is 0. The smallest absolute Gasteiger partial charge is 0.105 e. The SMILES string of the molecule is N#C[C@@H]1CCCC[C@@]1(O)c1ccc(Cl)c(Cl)c1. The van der Waals surface area contributed by atoms with Gasteiger partial charge in [-0.05, 0) is 30.5 Å². The molecule has 1 saturated carbocycles. The van der Waals surface area contributed by atoms with Crippen LogP contribution < -0.4 is 0 Å². The van der Waals surface area contributed by atoms with Crippen molar-refractivity contribution in [1.29, 1.82) is 5.26 Å². The number of benzene rings is 1. The van der Waals surface area contributed by atoms with Gasteiger partial charge < -0.3 is 5.11 Å². The Labute approximate surface area is 111 Å². The van der Waals surface area contributed by atoms with Crippen molar-refractivity contribution in [3.8, 4) is 6.07 Å². The van der Waals surface area contributed by atoms with Gasteiger partial charge in [0, 0.05) is 0 Å². The average Bonchev–Trinajstić information content (AvgIpc) is 2.33. The summed E-state index contributed by atoms with van der Waals surface area (Å²) in [4.78, 5) is 0. The molecule has 1 aliphatic carbocycles. The number of nitrogens with zero attached hydrogens (tertiary/aromatic N) is 1. The molecule has 0 unspecified atom stereocenters. The molecule has 0 amide bonds. The number of aliphatic hydroxyl groups is 1. The lowest BCUT2D eigenvalue weighted by Gasteiger charge is -2.36. The third-order valence-corrected chi connectivity index (χ3v) is 4.19. The van der Waals surface area contributed by atoms with Crippen molar-refractivity contribution < 1.29 is 5.11 Å². The minimum Gasteiger partial charge on any atom is -0.384 e. The quantitative estimate of drug-likeness (QED) is 0.841. The van der Waals surface area contributed by atoms with Crippen LogP contribution in [0, 0.1) is 17.2 Å². The van der Waals surface area contributed by atoms with E-state index in [9.17, 15) is 5.11 Å². The maximum atomic E-state index is 10.7. The van der Waals surface area contributed by atoms with Crippen LogP contribution in [0.1, 0.15) is 31.2 Å². The molecule has 2 atom stereocenters. The summed E-state index contributed by atoms with van der Waals surface area (Å²) < 4.78 is 0.